The maximum absolute atomic E-state index is 12.6. The van der Waals surface area contributed by atoms with Gasteiger partial charge in [0.2, 0.25) is 0 Å². The highest BCUT2D eigenvalue weighted by Crippen LogP contribution is 2.39. The first kappa shape index (κ1) is 22.9. The topological polar surface area (TPSA) is 175 Å². The largest absolute Gasteiger partial charge is 0.394 e. The third-order valence-corrected chi connectivity index (χ3v) is 5.40. The summed E-state index contributed by atoms with van der Waals surface area (Å²) in [4.78, 5) is 24.0. The van der Waals surface area contributed by atoms with Crippen molar-refractivity contribution in [2.75, 3.05) is 6.61 Å². The Hall–Kier alpha value is -1.41. The number of amides is 2. The van der Waals surface area contributed by atoms with Gasteiger partial charge in [-0.05, 0) is 40.5 Å². The van der Waals surface area contributed by atoms with Gasteiger partial charge in [-0.15, -0.1) is 15.2 Å². The van der Waals surface area contributed by atoms with E-state index in [1.54, 1.807) is 27.7 Å². The second-order valence-corrected chi connectivity index (χ2v) is 8.61. The molecule has 2 rings (SSSR count). The zero-order valence-electron chi connectivity index (χ0n) is 16.3. The maximum atomic E-state index is 12.6. The smallest absolute Gasteiger partial charge is 0.341 e. The summed E-state index contributed by atoms with van der Waals surface area (Å²) in [5.74, 6) is 0. The second-order valence-electron chi connectivity index (χ2n) is 8.61. The first-order valence-corrected chi connectivity index (χ1v) is 9.06. The molecule has 2 heterocycles. The summed E-state index contributed by atoms with van der Waals surface area (Å²) >= 11 is 0. The number of nitroso groups, excluding NO2 is 1. The fourth-order valence-corrected chi connectivity index (χ4v) is 4.11. The van der Waals surface area contributed by atoms with Crippen molar-refractivity contribution in [2.45, 2.75) is 88.3 Å². The van der Waals surface area contributed by atoms with Crippen molar-refractivity contribution < 1.29 is 35.2 Å². The molecule has 1 unspecified atom stereocenters. The minimum absolute atomic E-state index is 0.181. The molecule has 12 heteroatoms. The molecule has 2 amide bonds. The lowest BCUT2D eigenvalue weighted by Crippen LogP contribution is -2.66. The van der Waals surface area contributed by atoms with Gasteiger partial charge in [-0.1, -0.05) is 0 Å². The molecule has 28 heavy (non-hydrogen) atoms. The van der Waals surface area contributed by atoms with Gasteiger partial charge in [-0.2, -0.15) is 5.01 Å². The number of hydroxylamine groups is 2. The minimum Gasteiger partial charge on any atom is -0.394 e. The molecule has 0 aromatic rings. The van der Waals surface area contributed by atoms with Gasteiger partial charge in [-0.3, -0.25) is 0 Å². The lowest BCUT2D eigenvalue weighted by Gasteiger charge is -2.50. The van der Waals surface area contributed by atoms with Crippen LogP contribution in [0.3, 0.4) is 0 Å². The van der Waals surface area contributed by atoms with E-state index in [1.165, 1.54) is 0 Å². The number of hydrogen-bond donors (Lipinski definition) is 5. The number of aliphatic hydroxyl groups excluding tert-OH is 4. The van der Waals surface area contributed by atoms with Crippen molar-refractivity contribution in [3.05, 3.63) is 4.91 Å². The van der Waals surface area contributed by atoms with E-state index < -0.39 is 60.4 Å². The Kier molecular flexibility index (Phi) is 6.65. The summed E-state index contributed by atoms with van der Waals surface area (Å²) in [7, 11) is 0. The average molecular weight is 405 g/mol. The monoisotopic (exact) mass is 405 g/mol. The van der Waals surface area contributed by atoms with Crippen LogP contribution in [0.25, 0.3) is 0 Å². The van der Waals surface area contributed by atoms with Gasteiger partial charge in [0.05, 0.1) is 17.9 Å². The summed E-state index contributed by atoms with van der Waals surface area (Å²) in [5, 5.41) is 58.2. The number of rotatable bonds is 4. The number of nitrogens with zero attached hydrogens (tertiary/aromatic N) is 3. The van der Waals surface area contributed by atoms with Gasteiger partial charge in [0.1, 0.15) is 24.4 Å². The molecule has 0 aromatic heterocycles. The van der Waals surface area contributed by atoms with Crippen molar-refractivity contribution in [2.24, 2.45) is 5.29 Å². The van der Waals surface area contributed by atoms with Crippen LogP contribution in [0.4, 0.5) is 4.79 Å². The Morgan fingerprint density at radius 2 is 1.71 bits per heavy atom. The molecule has 0 bridgehead atoms. The van der Waals surface area contributed by atoms with Gasteiger partial charge in [-0.25, -0.2) is 4.79 Å². The molecule has 2 aliphatic rings. The standard InChI is InChI=1S/C16H29N4O8/c1-15(2)5-8(6-16(3,4)20(15)27)19(18-26)14(25)17-10-12(23)11(22)9(7-21)28-13(10)24/h8-13,21-24H,5-7H2,1-4H3,(H,17,25)/t9-,10-,11-,12-,13?/m1/s1. The Balaban J connectivity index is 2.14. The molecular formula is C16H29N4O8. The normalized spacial score (nSPS) is 36.0. The molecule has 2 saturated heterocycles. The molecule has 12 nitrogen and oxygen atoms in total. The summed E-state index contributed by atoms with van der Waals surface area (Å²) in [6.07, 6.45) is -5.78. The number of aliphatic hydroxyl groups is 4. The van der Waals surface area contributed by atoms with E-state index in [1.807, 2.05) is 0 Å². The Bertz CT molecular complexity index is 571. The molecule has 0 spiro atoms. The van der Waals surface area contributed by atoms with Crippen LogP contribution < -0.4 is 5.32 Å². The number of ether oxygens (including phenoxy) is 1. The van der Waals surface area contributed by atoms with Crippen LogP contribution in [0.15, 0.2) is 5.29 Å². The Morgan fingerprint density at radius 1 is 1.18 bits per heavy atom. The van der Waals surface area contributed by atoms with Crippen LogP contribution in [-0.2, 0) is 9.94 Å². The van der Waals surface area contributed by atoms with E-state index in [0.717, 1.165) is 5.06 Å². The maximum Gasteiger partial charge on any atom is 0.341 e. The van der Waals surface area contributed by atoms with E-state index in [9.17, 15) is 30.2 Å². The highest BCUT2D eigenvalue weighted by Gasteiger charge is 2.50. The predicted octanol–water partition coefficient (Wildman–Crippen LogP) is -1.15. The summed E-state index contributed by atoms with van der Waals surface area (Å²) < 4.78 is 4.98. The Labute approximate surface area is 162 Å². The number of carbonyl (C=O) groups is 1. The lowest BCUT2D eigenvalue weighted by atomic mass is 9.79. The van der Waals surface area contributed by atoms with E-state index in [-0.39, 0.29) is 12.8 Å². The van der Waals surface area contributed by atoms with Crippen LogP contribution in [0.1, 0.15) is 40.5 Å². The van der Waals surface area contributed by atoms with E-state index in [2.05, 4.69) is 10.6 Å². The third kappa shape index (κ3) is 4.27. The predicted molar refractivity (Wildman–Crippen MR) is 93.6 cm³/mol. The van der Waals surface area contributed by atoms with Gasteiger partial charge < -0.3 is 30.5 Å². The van der Waals surface area contributed by atoms with Crippen LogP contribution in [0.5, 0.6) is 0 Å². The van der Waals surface area contributed by atoms with Crippen molar-refractivity contribution in [1.82, 2.24) is 15.4 Å². The third-order valence-electron chi connectivity index (χ3n) is 5.40. The second kappa shape index (κ2) is 8.14. The molecule has 2 fully saturated rings. The summed E-state index contributed by atoms with van der Waals surface area (Å²) in [5.41, 5.74) is -1.71. The highest BCUT2D eigenvalue weighted by molar-refractivity contribution is 5.74. The zero-order valence-corrected chi connectivity index (χ0v) is 16.3. The SMILES string of the molecule is CC1(C)CC(N(N=O)C(=O)N[C@H]2C(O)O[C@H](CO)[C@@H](O)[C@@H]2O)CC(C)(C)N1[O]. The number of nitrogens with one attached hydrogen (secondary N) is 1. The molecule has 161 valence electrons. The quantitative estimate of drug-likeness (QED) is 0.288. The van der Waals surface area contributed by atoms with Gasteiger partial charge in [0, 0.05) is 11.1 Å². The van der Waals surface area contributed by atoms with Gasteiger partial charge >= 0.3 is 6.03 Å². The molecule has 0 aliphatic carbocycles. The van der Waals surface area contributed by atoms with Crippen LogP contribution in [-0.4, -0.2) is 90.9 Å². The minimum atomic E-state index is -1.72. The molecule has 5 N–H and O–H groups in total. The van der Waals surface area contributed by atoms with Crippen molar-refractivity contribution in [3.8, 4) is 0 Å². The van der Waals surface area contributed by atoms with Crippen molar-refractivity contribution in [1.29, 1.82) is 0 Å². The lowest BCUT2D eigenvalue weighted by molar-refractivity contribution is -0.293. The average Bonchev–Trinajstić information content (AvgIpc) is 2.59. The Morgan fingerprint density at radius 3 is 2.18 bits per heavy atom. The molecule has 0 aromatic carbocycles. The number of piperidine rings is 1. The molecule has 2 aliphatic heterocycles. The van der Waals surface area contributed by atoms with E-state index >= 15 is 0 Å². The van der Waals surface area contributed by atoms with Crippen molar-refractivity contribution >= 4 is 6.03 Å². The number of urea groups is 1. The number of hydrogen-bond acceptors (Lipinski definition) is 9. The fourth-order valence-electron chi connectivity index (χ4n) is 4.11. The van der Waals surface area contributed by atoms with Crippen LogP contribution >= 0.6 is 0 Å². The van der Waals surface area contributed by atoms with Crippen LogP contribution in [0.2, 0.25) is 0 Å². The van der Waals surface area contributed by atoms with Crippen molar-refractivity contribution in [3.63, 3.8) is 0 Å². The highest BCUT2D eigenvalue weighted by atomic mass is 16.6. The molecule has 5 atom stereocenters. The van der Waals surface area contributed by atoms with Crippen LogP contribution in [0, 0.1) is 4.91 Å². The molecular weight excluding hydrogens is 376 g/mol. The summed E-state index contributed by atoms with van der Waals surface area (Å²) in [6, 6.07) is -3.15. The van der Waals surface area contributed by atoms with Gasteiger partial charge in [0.25, 0.3) is 0 Å². The van der Waals surface area contributed by atoms with Gasteiger partial charge in [0.15, 0.2) is 6.29 Å². The first-order chi connectivity index (χ1) is 12.9. The van der Waals surface area contributed by atoms with E-state index in [4.69, 9.17) is 9.84 Å². The summed E-state index contributed by atoms with van der Waals surface area (Å²) in [6.45, 7) is 6.15. The molecule has 1 radical (unpaired) electrons. The first-order valence-electron chi connectivity index (χ1n) is 9.06. The zero-order chi connectivity index (χ0) is 21.4. The fraction of sp³-hybridized carbons (Fsp3) is 0.938. The molecule has 0 saturated carbocycles. The van der Waals surface area contributed by atoms with E-state index in [0.29, 0.717) is 5.01 Å². The number of carbonyl (C=O) groups excluding carboxylic acids is 1.